The molecule has 2 nitrogen and oxygen atoms in total. The van der Waals surface area contributed by atoms with Crippen molar-refractivity contribution in [3.63, 3.8) is 0 Å². The molecule has 2 atom stereocenters. The van der Waals surface area contributed by atoms with Crippen LogP contribution < -0.4 is 0 Å². The van der Waals surface area contributed by atoms with E-state index in [1.54, 1.807) is 0 Å². The van der Waals surface area contributed by atoms with Crippen LogP contribution in [0.3, 0.4) is 0 Å². The Hall–Kier alpha value is -1.31. The second-order valence-electron chi connectivity index (χ2n) is 8.14. The first-order valence-electron chi connectivity index (χ1n) is 11.6. The highest BCUT2D eigenvalue weighted by Gasteiger charge is 2.30. The summed E-state index contributed by atoms with van der Waals surface area (Å²) in [6.45, 7) is 4.56. The molecule has 0 aromatic heterocycles. The molecule has 0 radical (unpaired) electrons. The maximum atomic E-state index is 6.33. The second kappa shape index (κ2) is 13.8. The number of aliphatic imine (C=N–C) groups is 1. The molecule has 1 aliphatic heterocycles. The quantitative estimate of drug-likeness (QED) is 0.289. The van der Waals surface area contributed by atoms with Gasteiger partial charge in [0.05, 0.1) is 6.04 Å². The first-order valence-corrected chi connectivity index (χ1v) is 11.6. The van der Waals surface area contributed by atoms with Crippen LogP contribution in [-0.4, -0.2) is 18.0 Å². The molecule has 1 aromatic rings. The molecule has 0 fully saturated rings. The SMILES string of the molecule is CCCCCCCC[C@H]1N=C(c2ccccc2)O[C@@H]1CCCCCCCC. The van der Waals surface area contributed by atoms with Gasteiger partial charge in [-0.25, -0.2) is 4.99 Å². The fraction of sp³-hybridized carbons (Fsp3) is 0.720. The van der Waals surface area contributed by atoms with Crippen molar-refractivity contribution in [2.75, 3.05) is 0 Å². The van der Waals surface area contributed by atoms with E-state index in [4.69, 9.17) is 9.73 Å². The lowest BCUT2D eigenvalue weighted by Crippen LogP contribution is -2.22. The number of ether oxygens (including phenoxy) is 1. The lowest BCUT2D eigenvalue weighted by molar-refractivity contribution is 0.172. The first-order chi connectivity index (χ1) is 13.3. The van der Waals surface area contributed by atoms with Gasteiger partial charge in [-0.15, -0.1) is 0 Å². The zero-order chi connectivity index (χ0) is 19.2. The van der Waals surface area contributed by atoms with Crippen molar-refractivity contribution >= 4 is 5.90 Å². The minimum absolute atomic E-state index is 0.294. The molecule has 152 valence electrons. The monoisotopic (exact) mass is 371 g/mol. The predicted octanol–water partition coefficient (Wildman–Crippen LogP) is 7.70. The Bertz CT molecular complexity index is 510. The molecule has 0 aliphatic carbocycles. The number of rotatable bonds is 15. The summed E-state index contributed by atoms with van der Waals surface area (Å²) in [6.07, 6.45) is 18.8. The fourth-order valence-corrected chi connectivity index (χ4v) is 3.97. The van der Waals surface area contributed by atoms with Crippen LogP contribution in [0.5, 0.6) is 0 Å². The van der Waals surface area contributed by atoms with Crippen molar-refractivity contribution in [3.8, 4) is 0 Å². The Morgan fingerprint density at radius 2 is 1.26 bits per heavy atom. The fourth-order valence-electron chi connectivity index (χ4n) is 3.97. The van der Waals surface area contributed by atoms with Gasteiger partial charge in [0, 0.05) is 5.56 Å². The highest BCUT2D eigenvalue weighted by Crippen LogP contribution is 2.26. The lowest BCUT2D eigenvalue weighted by atomic mass is 9.98. The lowest BCUT2D eigenvalue weighted by Gasteiger charge is -2.17. The molecule has 0 amide bonds. The van der Waals surface area contributed by atoms with Crippen LogP contribution in [0.1, 0.15) is 109 Å². The van der Waals surface area contributed by atoms with E-state index in [1.165, 1.54) is 83.5 Å². The number of benzene rings is 1. The van der Waals surface area contributed by atoms with E-state index in [0.717, 1.165) is 17.9 Å². The van der Waals surface area contributed by atoms with Gasteiger partial charge in [-0.2, -0.15) is 0 Å². The number of unbranched alkanes of at least 4 members (excludes halogenated alkanes) is 10. The smallest absolute Gasteiger partial charge is 0.216 e. The Morgan fingerprint density at radius 3 is 1.89 bits per heavy atom. The van der Waals surface area contributed by atoms with Crippen molar-refractivity contribution < 1.29 is 4.74 Å². The Morgan fingerprint density at radius 1 is 0.704 bits per heavy atom. The zero-order valence-corrected chi connectivity index (χ0v) is 17.8. The molecular weight excluding hydrogens is 330 g/mol. The molecule has 1 aliphatic rings. The summed E-state index contributed by atoms with van der Waals surface area (Å²) >= 11 is 0. The second-order valence-corrected chi connectivity index (χ2v) is 8.14. The zero-order valence-electron chi connectivity index (χ0n) is 17.8. The molecule has 0 saturated heterocycles. The van der Waals surface area contributed by atoms with E-state index in [1.807, 2.05) is 0 Å². The van der Waals surface area contributed by atoms with Crippen molar-refractivity contribution in [1.82, 2.24) is 0 Å². The molecular formula is C25H41NO. The molecule has 1 aromatic carbocycles. The van der Waals surface area contributed by atoms with Crippen LogP contribution in [0.25, 0.3) is 0 Å². The average molecular weight is 372 g/mol. The van der Waals surface area contributed by atoms with Gasteiger partial charge in [0.2, 0.25) is 5.90 Å². The van der Waals surface area contributed by atoms with E-state index >= 15 is 0 Å². The summed E-state index contributed by atoms with van der Waals surface area (Å²) in [6, 6.07) is 10.8. The highest BCUT2D eigenvalue weighted by atomic mass is 16.5. The van der Waals surface area contributed by atoms with E-state index in [0.29, 0.717) is 12.1 Å². The minimum Gasteiger partial charge on any atom is -0.472 e. The van der Waals surface area contributed by atoms with Crippen molar-refractivity contribution in [2.45, 2.75) is 116 Å². The third kappa shape index (κ3) is 8.49. The molecule has 1 heterocycles. The largest absolute Gasteiger partial charge is 0.472 e. The van der Waals surface area contributed by atoms with E-state index in [2.05, 4.69) is 44.2 Å². The van der Waals surface area contributed by atoms with Gasteiger partial charge < -0.3 is 4.74 Å². The van der Waals surface area contributed by atoms with Gasteiger partial charge in [-0.1, -0.05) is 103 Å². The maximum Gasteiger partial charge on any atom is 0.216 e. The topological polar surface area (TPSA) is 21.6 Å². The summed E-state index contributed by atoms with van der Waals surface area (Å²) in [5.41, 5.74) is 1.14. The van der Waals surface area contributed by atoms with Crippen LogP contribution in [0.15, 0.2) is 35.3 Å². The molecule has 0 saturated carbocycles. The summed E-state index contributed by atoms with van der Waals surface area (Å²) < 4.78 is 6.33. The highest BCUT2D eigenvalue weighted by molar-refractivity contribution is 5.95. The predicted molar refractivity (Wildman–Crippen MR) is 118 cm³/mol. The summed E-state index contributed by atoms with van der Waals surface area (Å²) in [7, 11) is 0. The van der Waals surface area contributed by atoms with E-state index < -0.39 is 0 Å². The summed E-state index contributed by atoms with van der Waals surface area (Å²) in [5, 5.41) is 0. The standard InChI is InChI=1S/C25H41NO/c1-3-5-7-9-11-16-20-23-24(21-17-12-10-8-6-4-2)27-25(26-23)22-18-14-13-15-19-22/h13-15,18-19,23-24H,3-12,16-17,20-21H2,1-2H3/t23-,24-/m1/s1. The molecule has 27 heavy (non-hydrogen) atoms. The summed E-state index contributed by atoms with van der Waals surface area (Å²) in [4.78, 5) is 5.00. The van der Waals surface area contributed by atoms with E-state index in [-0.39, 0.29) is 0 Å². The van der Waals surface area contributed by atoms with E-state index in [9.17, 15) is 0 Å². The van der Waals surface area contributed by atoms with Crippen LogP contribution in [0, 0.1) is 0 Å². The molecule has 0 spiro atoms. The van der Waals surface area contributed by atoms with Gasteiger partial charge in [0.1, 0.15) is 6.10 Å². The minimum atomic E-state index is 0.294. The van der Waals surface area contributed by atoms with Crippen LogP contribution in [0.2, 0.25) is 0 Å². The Labute approximate surface area is 167 Å². The first kappa shape index (κ1) is 22.0. The van der Waals surface area contributed by atoms with Gasteiger partial charge in [-0.05, 0) is 31.4 Å². The van der Waals surface area contributed by atoms with Crippen LogP contribution in [-0.2, 0) is 4.74 Å². The van der Waals surface area contributed by atoms with Crippen molar-refractivity contribution in [3.05, 3.63) is 35.9 Å². The molecule has 0 N–H and O–H groups in total. The van der Waals surface area contributed by atoms with Gasteiger partial charge >= 0.3 is 0 Å². The number of hydrogen-bond donors (Lipinski definition) is 0. The average Bonchev–Trinajstić information content (AvgIpc) is 3.11. The molecule has 2 rings (SSSR count). The van der Waals surface area contributed by atoms with Gasteiger partial charge in [-0.3, -0.25) is 0 Å². The van der Waals surface area contributed by atoms with Crippen molar-refractivity contribution in [2.24, 2.45) is 4.99 Å². The number of nitrogens with zero attached hydrogens (tertiary/aromatic N) is 1. The van der Waals surface area contributed by atoms with Crippen molar-refractivity contribution in [1.29, 1.82) is 0 Å². The van der Waals surface area contributed by atoms with Crippen LogP contribution >= 0.6 is 0 Å². The molecule has 0 bridgehead atoms. The van der Waals surface area contributed by atoms with Gasteiger partial charge in [0.25, 0.3) is 0 Å². The third-order valence-corrected chi connectivity index (χ3v) is 5.69. The normalized spacial score (nSPS) is 19.1. The van der Waals surface area contributed by atoms with Gasteiger partial charge in [0.15, 0.2) is 0 Å². The Balaban J connectivity index is 1.79. The molecule has 0 unspecified atom stereocenters. The third-order valence-electron chi connectivity index (χ3n) is 5.69. The maximum absolute atomic E-state index is 6.33. The Kier molecular flexibility index (Phi) is 11.2. The molecule has 2 heteroatoms. The number of hydrogen-bond acceptors (Lipinski definition) is 2. The van der Waals surface area contributed by atoms with Crippen LogP contribution in [0.4, 0.5) is 0 Å². The summed E-state index contributed by atoms with van der Waals surface area (Å²) in [5.74, 6) is 0.877.